The quantitative estimate of drug-likeness (QED) is 0.816. The summed E-state index contributed by atoms with van der Waals surface area (Å²) in [4.78, 5) is 2.96. The molecule has 1 fully saturated rings. The van der Waals surface area contributed by atoms with Crippen molar-refractivity contribution in [1.82, 2.24) is 0 Å². The molecule has 1 aromatic rings. The van der Waals surface area contributed by atoms with Crippen molar-refractivity contribution < 1.29 is 0 Å². The number of nitrogens with two attached hydrogens (primary N) is 1. The fraction of sp³-hybridized carbons (Fsp3) is 0.500. The Bertz CT molecular complexity index is 407. The van der Waals surface area contributed by atoms with Crippen molar-refractivity contribution in [2.75, 3.05) is 18.0 Å². The van der Waals surface area contributed by atoms with Gasteiger partial charge in [0.15, 0.2) is 0 Å². The first-order valence-electron chi connectivity index (χ1n) is 6.34. The summed E-state index contributed by atoms with van der Waals surface area (Å²) in [6, 6.07) is 6.21. The number of anilines is 1. The van der Waals surface area contributed by atoms with Crippen LogP contribution in [0, 0.1) is 6.92 Å². The van der Waals surface area contributed by atoms with Crippen LogP contribution in [-0.2, 0) is 0 Å². The van der Waals surface area contributed by atoms with E-state index in [2.05, 4.69) is 17.9 Å². The molecule has 0 spiro atoms. The smallest absolute Gasteiger partial charge is 0.106 e. The minimum atomic E-state index is 0.507. The van der Waals surface area contributed by atoms with Gasteiger partial charge in [-0.25, -0.2) is 0 Å². The third-order valence-electron chi connectivity index (χ3n) is 3.43. The predicted octanol–water partition coefficient (Wildman–Crippen LogP) is 3.01. The maximum atomic E-state index is 5.83. The van der Waals surface area contributed by atoms with E-state index < -0.39 is 0 Å². The molecule has 92 valence electrons. The van der Waals surface area contributed by atoms with E-state index in [1.807, 2.05) is 12.1 Å². The maximum Gasteiger partial charge on any atom is 0.106 e. The Morgan fingerprint density at radius 3 is 2.41 bits per heavy atom. The van der Waals surface area contributed by atoms with Gasteiger partial charge in [-0.05, 0) is 31.4 Å². The number of hydrogen-bond donors (Lipinski definition) is 1. The van der Waals surface area contributed by atoms with Gasteiger partial charge in [-0.3, -0.25) is 0 Å². The Hall–Kier alpha value is -1.09. The second kappa shape index (κ2) is 5.50. The van der Waals surface area contributed by atoms with Gasteiger partial charge in [-0.15, -0.1) is 0 Å². The summed E-state index contributed by atoms with van der Waals surface area (Å²) in [5, 5.41) is 0. The molecule has 1 aromatic carbocycles. The monoisotopic (exact) mass is 248 g/mol. The molecule has 1 aliphatic heterocycles. The van der Waals surface area contributed by atoms with Gasteiger partial charge >= 0.3 is 0 Å². The highest BCUT2D eigenvalue weighted by Crippen LogP contribution is 2.27. The zero-order valence-electron chi connectivity index (χ0n) is 10.4. The lowest BCUT2D eigenvalue weighted by atomic mass is 10.1. The van der Waals surface area contributed by atoms with Crippen LogP contribution in [0.25, 0.3) is 0 Å². The average Bonchev–Trinajstić information content (AvgIpc) is 2.57. The second-order valence-corrected chi connectivity index (χ2v) is 5.18. The van der Waals surface area contributed by atoms with E-state index in [4.69, 9.17) is 18.0 Å². The molecule has 2 N–H and O–H groups in total. The summed E-state index contributed by atoms with van der Waals surface area (Å²) >= 11 is 5.16. The number of aryl methyl sites for hydroxylation is 1. The van der Waals surface area contributed by atoms with Crippen molar-refractivity contribution in [3.8, 4) is 0 Å². The van der Waals surface area contributed by atoms with Crippen molar-refractivity contribution in [1.29, 1.82) is 0 Å². The molecule has 0 aromatic heterocycles. The van der Waals surface area contributed by atoms with Gasteiger partial charge < -0.3 is 10.6 Å². The molecule has 0 radical (unpaired) electrons. The summed E-state index contributed by atoms with van der Waals surface area (Å²) in [5.41, 5.74) is 9.39. The Balaban J connectivity index is 2.37. The van der Waals surface area contributed by atoms with Crippen molar-refractivity contribution in [3.63, 3.8) is 0 Å². The van der Waals surface area contributed by atoms with E-state index in [0.29, 0.717) is 4.99 Å². The molecule has 2 rings (SSSR count). The van der Waals surface area contributed by atoms with Crippen LogP contribution in [0.3, 0.4) is 0 Å². The van der Waals surface area contributed by atoms with Gasteiger partial charge in [0.05, 0.1) is 0 Å². The van der Waals surface area contributed by atoms with Crippen LogP contribution < -0.4 is 10.6 Å². The molecular formula is C14H20N2S. The highest BCUT2D eigenvalue weighted by Gasteiger charge is 2.16. The molecule has 0 atom stereocenters. The van der Waals surface area contributed by atoms with E-state index in [0.717, 1.165) is 18.7 Å². The van der Waals surface area contributed by atoms with Gasteiger partial charge in [-0.2, -0.15) is 0 Å². The molecule has 17 heavy (non-hydrogen) atoms. The third kappa shape index (κ3) is 2.78. The number of thiocarbonyl (C=S) groups is 1. The van der Waals surface area contributed by atoms with Crippen molar-refractivity contribution in [2.24, 2.45) is 5.73 Å². The Labute approximate surface area is 109 Å². The minimum Gasteiger partial charge on any atom is -0.389 e. The van der Waals surface area contributed by atoms with Crippen LogP contribution in [0.5, 0.6) is 0 Å². The number of nitrogens with zero attached hydrogens (tertiary/aromatic N) is 1. The second-order valence-electron chi connectivity index (χ2n) is 4.74. The zero-order valence-corrected chi connectivity index (χ0v) is 11.2. The lowest BCUT2D eigenvalue weighted by Gasteiger charge is -2.27. The summed E-state index contributed by atoms with van der Waals surface area (Å²) in [6.45, 7) is 4.39. The molecule has 0 unspecified atom stereocenters. The third-order valence-corrected chi connectivity index (χ3v) is 3.65. The lowest BCUT2D eigenvalue weighted by molar-refractivity contribution is 0.726. The number of benzene rings is 1. The maximum absolute atomic E-state index is 5.83. The number of para-hydroxylation sites is 1. The Morgan fingerprint density at radius 2 is 1.82 bits per heavy atom. The van der Waals surface area contributed by atoms with E-state index in [9.17, 15) is 0 Å². The van der Waals surface area contributed by atoms with E-state index in [-0.39, 0.29) is 0 Å². The van der Waals surface area contributed by atoms with Crippen LogP contribution in [0.1, 0.15) is 36.8 Å². The van der Waals surface area contributed by atoms with Crippen molar-refractivity contribution >= 4 is 22.9 Å². The fourth-order valence-electron chi connectivity index (χ4n) is 2.57. The van der Waals surface area contributed by atoms with E-state index >= 15 is 0 Å². The van der Waals surface area contributed by atoms with Gasteiger partial charge in [0.25, 0.3) is 0 Å². The predicted molar refractivity (Wildman–Crippen MR) is 77.7 cm³/mol. The van der Waals surface area contributed by atoms with Gasteiger partial charge in [0.2, 0.25) is 0 Å². The Morgan fingerprint density at radius 1 is 1.18 bits per heavy atom. The molecule has 1 heterocycles. The Kier molecular flexibility index (Phi) is 4.00. The van der Waals surface area contributed by atoms with Gasteiger partial charge in [-0.1, -0.05) is 37.2 Å². The van der Waals surface area contributed by atoms with Gasteiger partial charge in [0.1, 0.15) is 4.99 Å². The highest BCUT2D eigenvalue weighted by molar-refractivity contribution is 7.80. The largest absolute Gasteiger partial charge is 0.389 e. The molecule has 0 saturated carbocycles. The van der Waals surface area contributed by atoms with E-state index in [1.54, 1.807) is 0 Å². The van der Waals surface area contributed by atoms with Crippen LogP contribution in [0.2, 0.25) is 0 Å². The minimum absolute atomic E-state index is 0.507. The van der Waals surface area contributed by atoms with Crippen molar-refractivity contribution in [2.45, 2.75) is 32.6 Å². The molecule has 1 saturated heterocycles. The SMILES string of the molecule is Cc1cccc(C(N)=S)c1N1CCCCCC1. The van der Waals surface area contributed by atoms with E-state index in [1.165, 1.54) is 36.9 Å². The summed E-state index contributed by atoms with van der Waals surface area (Å²) in [7, 11) is 0. The average molecular weight is 248 g/mol. The highest BCUT2D eigenvalue weighted by atomic mass is 32.1. The molecular weight excluding hydrogens is 228 g/mol. The van der Waals surface area contributed by atoms with Crippen LogP contribution in [0.15, 0.2) is 18.2 Å². The first-order valence-corrected chi connectivity index (χ1v) is 6.75. The first-order chi connectivity index (χ1) is 8.20. The first kappa shape index (κ1) is 12.4. The lowest BCUT2D eigenvalue weighted by Crippen LogP contribution is -2.27. The normalized spacial score (nSPS) is 16.6. The molecule has 3 heteroatoms. The standard InChI is InChI=1S/C14H20N2S/c1-11-7-6-8-12(14(15)17)13(11)16-9-4-2-3-5-10-16/h6-8H,2-5,9-10H2,1H3,(H2,15,17). The summed E-state index contributed by atoms with van der Waals surface area (Å²) < 4.78 is 0. The number of rotatable bonds is 2. The topological polar surface area (TPSA) is 29.3 Å². The fourth-order valence-corrected chi connectivity index (χ4v) is 2.74. The molecule has 0 amide bonds. The van der Waals surface area contributed by atoms with Crippen LogP contribution >= 0.6 is 12.2 Å². The van der Waals surface area contributed by atoms with Gasteiger partial charge in [0, 0.05) is 24.3 Å². The summed E-state index contributed by atoms with van der Waals surface area (Å²) in [6.07, 6.45) is 5.21. The van der Waals surface area contributed by atoms with Crippen molar-refractivity contribution in [3.05, 3.63) is 29.3 Å². The summed E-state index contributed by atoms with van der Waals surface area (Å²) in [5.74, 6) is 0. The number of hydrogen-bond acceptors (Lipinski definition) is 2. The molecule has 0 aliphatic carbocycles. The zero-order chi connectivity index (χ0) is 12.3. The molecule has 2 nitrogen and oxygen atoms in total. The molecule has 1 aliphatic rings. The van der Waals surface area contributed by atoms with Crippen LogP contribution in [0.4, 0.5) is 5.69 Å². The molecule has 0 bridgehead atoms. The van der Waals surface area contributed by atoms with Crippen LogP contribution in [-0.4, -0.2) is 18.1 Å².